The van der Waals surface area contributed by atoms with Crippen molar-refractivity contribution in [1.29, 1.82) is 0 Å². The summed E-state index contributed by atoms with van der Waals surface area (Å²) in [4.78, 5) is 9.12. The summed E-state index contributed by atoms with van der Waals surface area (Å²) < 4.78 is 3.27. The molecule has 3 N–H and O–H groups in total. The molecular weight excluding hydrogens is 340 g/mol. The van der Waals surface area contributed by atoms with Gasteiger partial charge in [0.2, 0.25) is 0 Å². The van der Waals surface area contributed by atoms with Crippen LogP contribution in [-0.4, -0.2) is 33.5 Å². The molecule has 0 fully saturated rings. The minimum Gasteiger partial charge on any atom is -0.394 e. The van der Waals surface area contributed by atoms with Gasteiger partial charge in [-0.05, 0) is 18.9 Å². The number of aliphatic hydroxyl groups excluding tert-OH is 1. The highest BCUT2D eigenvalue weighted by molar-refractivity contribution is 8.00. The van der Waals surface area contributed by atoms with Crippen LogP contribution in [0.25, 0.3) is 0 Å². The lowest BCUT2D eigenvalue weighted by Crippen LogP contribution is -2.20. The minimum atomic E-state index is -0.0528. The fourth-order valence-electron chi connectivity index (χ4n) is 1.86. The van der Waals surface area contributed by atoms with Crippen molar-refractivity contribution in [2.75, 3.05) is 22.4 Å². The van der Waals surface area contributed by atoms with Crippen LogP contribution in [0.1, 0.15) is 25.8 Å². The summed E-state index contributed by atoms with van der Waals surface area (Å²) in [6.07, 6.45) is 1.10. The maximum atomic E-state index is 9.23. The molecule has 0 aliphatic carbocycles. The molecule has 0 aliphatic rings. The number of thioether (sulfide) groups is 1. The monoisotopic (exact) mass is 364 g/mol. The zero-order valence-electron chi connectivity index (χ0n) is 14.0. The number of nitrogens with zero attached hydrogens (tertiary/aromatic N) is 2. The van der Waals surface area contributed by atoms with E-state index < -0.39 is 0 Å². The molecule has 0 unspecified atom stereocenters. The molecule has 1 atom stereocenters. The van der Waals surface area contributed by atoms with E-state index in [1.807, 2.05) is 31.2 Å². The Kier molecular flexibility index (Phi) is 8.21. The third-order valence-electron chi connectivity index (χ3n) is 3.07. The van der Waals surface area contributed by atoms with Crippen molar-refractivity contribution in [3.63, 3.8) is 0 Å². The molecule has 0 saturated carbocycles. The first kappa shape index (κ1) is 18.9. The van der Waals surface area contributed by atoms with Crippen molar-refractivity contribution >= 4 is 35.3 Å². The summed E-state index contributed by atoms with van der Waals surface area (Å²) in [5.74, 6) is 3.35. The Labute approximate surface area is 152 Å². The summed E-state index contributed by atoms with van der Waals surface area (Å²) >= 11 is 3.24. The van der Waals surface area contributed by atoms with Crippen molar-refractivity contribution in [3.8, 4) is 0 Å². The quantitative estimate of drug-likeness (QED) is 0.254. The zero-order chi connectivity index (χ0) is 17.2. The molecule has 0 radical (unpaired) electrons. The van der Waals surface area contributed by atoms with E-state index in [9.17, 15) is 5.11 Å². The normalized spacial score (nSPS) is 12.0. The van der Waals surface area contributed by atoms with Gasteiger partial charge in [0, 0.05) is 23.6 Å². The lowest BCUT2D eigenvalue weighted by atomic mass is 10.2. The third-order valence-corrected chi connectivity index (χ3v) is 4.95. The Morgan fingerprint density at radius 3 is 2.62 bits per heavy atom. The second-order valence-electron chi connectivity index (χ2n) is 5.37. The SMILES string of the molecule is CCCSNc1cc(N[C@H](C)CO)nc(SCc2ccccc2)n1. The Bertz CT molecular complexity index is 613. The molecule has 24 heavy (non-hydrogen) atoms. The molecular formula is C17H24N4OS2. The van der Waals surface area contributed by atoms with Crippen LogP contribution < -0.4 is 10.0 Å². The Hall–Kier alpha value is -1.44. The van der Waals surface area contributed by atoms with Crippen molar-refractivity contribution in [2.45, 2.75) is 37.2 Å². The van der Waals surface area contributed by atoms with Gasteiger partial charge in [-0.3, -0.25) is 0 Å². The van der Waals surface area contributed by atoms with Crippen molar-refractivity contribution in [1.82, 2.24) is 9.97 Å². The standard InChI is InChI=1S/C17H24N4OS2/c1-3-9-24-21-16-10-15(18-13(2)11-22)19-17(20-16)23-12-14-7-5-4-6-8-14/h4-8,10,13,22H,3,9,11-12H2,1-2H3,(H2,18,19,20,21)/t13-/m1/s1. The molecule has 0 aliphatic heterocycles. The number of hydrogen-bond donors (Lipinski definition) is 3. The molecule has 130 valence electrons. The van der Waals surface area contributed by atoms with Crippen LogP contribution in [0.2, 0.25) is 0 Å². The molecule has 0 spiro atoms. The zero-order valence-corrected chi connectivity index (χ0v) is 15.7. The number of hydrogen-bond acceptors (Lipinski definition) is 7. The second kappa shape index (κ2) is 10.4. The highest BCUT2D eigenvalue weighted by Gasteiger charge is 2.08. The fourth-order valence-corrected chi connectivity index (χ4v) is 3.24. The van der Waals surface area contributed by atoms with Crippen molar-refractivity contribution in [2.24, 2.45) is 0 Å². The van der Waals surface area contributed by atoms with Gasteiger partial charge in [-0.1, -0.05) is 61.0 Å². The van der Waals surface area contributed by atoms with Crippen LogP contribution in [0.4, 0.5) is 11.6 Å². The summed E-state index contributed by atoms with van der Waals surface area (Å²) in [6, 6.07) is 12.1. The van der Waals surface area contributed by atoms with Crippen LogP contribution >= 0.6 is 23.7 Å². The maximum absolute atomic E-state index is 9.23. The predicted molar refractivity (Wildman–Crippen MR) is 105 cm³/mol. The summed E-state index contributed by atoms with van der Waals surface area (Å²) in [5, 5.41) is 13.1. The number of aliphatic hydroxyl groups is 1. The van der Waals surface area contributed by atoms with Gasteiger partial charge in [0.25, 0.3) is 0 Å². The number of anilines is 2. The molecule has 2 rings (SSSR count). The number of aromatic nitrogens is 2. The molecule has 5 nitrogen and oxygen atoms in total. The lowest BCUT2D eigenvalue weighted by Gasteiger charge is -2.14. The van der Waals surface area contributed by atoms with Crippen LogP contribution in [0, 0.1) is 0 Å². The molecule has 0 amide bonds. The van der Waals surface area contributed by atoms with Gasteiger partial charge in [-0.2, -0.15) is 0 Å². The molecule has 1 aromatic carbocycles. The topological polar surface area (TPSA) is 70.1 Å². The maximum Gasteiger partial charge on any atom is 0.191 e. The first-order valence-corrected chi connectivity index (χ1v) is 9.99. The molecule has 7 heteroatoms. The van der Waals surface area contributed by atoms with Gasteiger partial charge in [0.1, 0.15) is 11.6 Å². The molecule has 2 aromatic rings. The van der Waals surface area contributed by atoms with E-state index in [1.54, 1.807) is 23.7 Å². The van der Waals surface area contributed by atoms with Gasteiger partial charge in [-0.15, -0.1) is 0 Å². The minimum absolute atomic E-state index is 0.0528. The average molecular weight is 365 g/mol. The van der Waals surface area contributed by atoms with Crippen molar-refractivity contribution in [3.05, 3.63) is 42.0 Å². The number of benzene rings is 1. The van der Waals surface area contributed by atoms with Crippen LogP contribution in [0.5, 0.6) is 0 Å². The van der Waals surface area contributed by atoms with Crippen LogP contribution in [0.15, 0.2) is 41.6 Å². The predicted octanol–water partition coefficient (Wildman–Crippen LogP) is 4.03. The summed E-state index contributed by atoms with van der Waals surface area (Å²) in [7, 11) is 0. The molecule has 1 heterocycles. The largest absolute Gasteiger partial charge is 0.394 e. The van der Waals surface area contributed by atoms with Gasteiger partial charge in [0.05, 0.1) is 6.61 Å². The van der Waals surface area contributed by atoms with Gasteiger partial charge in [0.15, 0.2) is 5.16 Å². The van der Waals surface area contributed by atoms with E-state index in [0.29, 0.717) is 5.16 Å². The van der Waals surface area contributed by atoms with Crippen LogP contribution in [-0.2, 0) is 5.75 Å². The number of nitrogens with one attached hydrogen (secondary N) is 2. The van der Waals surface area contributed by atoms with E-state index in [4.69, 9.17) is 0 Å². The van der Waals surface area contributed by atoms with Gasteiger partial charge in [-0.25, -0.2) is 9.97 Å². The summed E-state index contributed by atoms with van der Waals surface area (Å²) in [6.45, 7) is 4.12. The summed E-state index contributed by atoms with van der Waals surface area (Å²) in [5.41, 5.74) is 1.24. The van der Waals surface area contributed by atoms with E-state index >= 15 is 0 Å². The lowest BCUT2D eigenvalue weighted by molar-refractivity contribution is 0.281. The molecule has 0 saturated heterocycles. The smallest absolute Gasteiger partial charge is 0.191 e. The Morgan fingerprint density at radius 1 is 1.17 bits per heavy atom. The van der Waals surface area contributed by atoms with E-state index in [-0.39, 0.29) is 12.6 Å². The molecule has 0 bridgehead atoms. The Balaban J connectivity index is 2.08. The fraction of sp³-hybridized carbons (Fsp3) is 0.412. The average Bonchev–Trinajstić information content (AvgIpc) is 2.61. The van der Waals surface area contributed by atoms with E-state index in [2.05, 4.69) is 39.1 Å². The highest BCUT2D eigenvalue weighted by Crippen LogP contribution is 2.24. The van der Waals surface area contributed by atoms with Gasteiger partial charge >= 0.3 is 0 Å². The van der Waals surface area contributed by atoms with Crippen molar-refractivity contribution < 1.29 is 5.11 Å². The van der Waals surface area contributed by atoms with Gasteiger partial charge < -0.3 is 15.1 Å². The van der Waals surface area contributed by atoms with E-state index in [1.165, 1.54) is 5.56 Å². The second-order valence-corrected chi connectivity index (χ2v) is 7.22. The highest BCUT2D eigenvalue weighted by atomic mass is 32.2. The number of rotatable bonds is 10. The Morgan fingerprint density at radius 2 is 1.92 bits per heavy atom. The first-order chi connectivity index (χ1) is 11.7. The third kappa shape index (κ3) is 6.59. The molecule has 1 aromatic heterocycles. The van der Waals surface area contributed by atoms with Crippen LogP contribution in [0.3, 0.4) is 0 Å². The first-order valence-electron chi connectivity index (χ1n) is 8.02. The van der Waals surface area contributed by atoms with E-state index in [0.717, 1.165) is 29.6 Å².